The average molecular weight is 287 g/mol. The molecule has 0 fully saturated rings. The van der Waals surface area contributed by atoms with Crippen LogP contribution in [0, 0.1) is 0 Å². The van der Waals surface area contributed by atoms with Gasteiger partial charge in [0.25, 0.3) is 0 Å². The van der Waals surface area contributed by atoms with Crippen LogP contribution in [0.2, 0.25) is 0 Å². The molecule has 0 aromatic heterocycles. The standard InChI is InChI=1S/C15H20F3NO/c1-4-12(19)7-11-5-6-14(20-9-10(2)3)13(8-11)15(16,17)18/h5-6,8,12H,2,4,7,9,19H2,1,3H3. The summed E-state index contributed by atoms with van der Waals surface area (Å²) >= 11 is 0. The van der Waals surface area contributed by atoms with Crippen LogP contribution in [0.3, 0.4) is 0 Å². The first-order valence-electron chi connectivity index (χ1n) is 6.47. The highest BCUT2D eigenvalue weighted by molar-refractivity contribution is 5.39. The van der Waals surface area contributed by atoms with E-state index >= 15 is 0 Å². The molecule has 112 valence electrons. The molecule has 0 radical (unpaired) electrons. The molecule has 5 heteroatoms. The van der Waals surface area contributed by atoms with Crippen LogP contribution in [0.15, 0.2) is 30.4 Å². The van der Waals surface area contributed by atoms with Gasteiger partial charge in [-0.25, -0.2) is 0 Å². The van der Waals surface area contributed by atoms with Crippen LogP contribution in [-0.2, 0) is 12.6 Å². The molecule has 0 aliphatic carbocycles. The second-order valence-corrected chi connectivity index (χ2v) is 4.95. The van der Waals surface area contributed by atoms with Crippen molar-refractivity contribution in [2.45, 2.75) is 38.9 Å². The van der Waals surface area contributed by atoms with Crippen LogP contribution >= 0.6 is 0 Å². The number of hydrogen-bond donors (Lipinski definition) is 1. The van der Waals surface area contributed by atoms with Crippen molar-refractivity contribution in [1.29, 1.82) is 0 Å². The summed E-state index contributed by atoms with van der Waals surface area (Å²) in [6.45, 7) is 7.27. The largest absolute Gasteiger partial charge is 0.489 e. The van der Waals surface area contributed by atoms with Gasteiger partial charge in [0.05, 0.1) is 5.56 Å². The molecule has 20 heavy (non-hydrogen) atoms. The van der Waals surface area contributed by atoms with Gasteiger partial charge in [-0.15, -0.1) is 0 Å². The van der Waals surface area contributed by atoms with E-state index in [9.17, 15) is 13.2 Å². The molecule has 0 amide bonds. The maximum absolute atomic E-state index is 13.0. The summed E-state index contributed by atoms with van der Waals surface area (Å²) < 4.78 is 44.3. The number of rotatable bonds is 6. The molecule has 0 spiro atoms. The Hall–Kier alpha value is -1.49. The van der Waals surface area contributed by atoms with Crippen molar-refractivity contribution in [3.05, 3.63) is 41.5 Å². The maximum atomic E-state index is 13.0. The van der Waals surface area contributed by atoms with Gasteiger partial charge in [-0.05, 0) is 43.0 Å². The molecule has 0 saturated carbocycles. The van der Waals surface area contributed by atoms with Gasteiger partial charge in [0.15, 0.2) is 0 Å². The number of alkyl halides is 3. The Morgan fingerprint density at radius 1 is 1.40 bits per heavy atom. The Kier molecular flexibility index (Phi) is 5.62. The molecule has 0 aliphatic rings. The van der Waals surface area contributed by atoms with Crippen LogP contribution < -0.4 is 10.5 Å². The van der Waals surface area contributed by atoms with Crippen LogP contribution in [-0.4, -0.2) is 12.6 Å². The van der Waals surface area contributed by atoms with Crippen LogP contribution in [0.4, 0.5) is 13.2 Å². The summed E-state index contributed by atoms with van der Waals surface area (Å²) in [5.74, 6) is -0.172. The normalized spacial score (nSPS) is 13.1. The van der Waals surface area contributed by atoms with E-state index in [0.29, 0.717) is 17.6 Å². The van der Waals surface area contributed by atoms with E-state index in [-0.39, 0.29) is 18.4 Å². The maximum Gasteiger partial charge on any atom is 0.419 e. The molecule has 1 aromatic rings. The topological polar surface area (TPSA) is 35.2 Å². The van der Waals surface area contributed by atoms with E-state index < -0.39 is 11.7 Å². The summed E-state index contributed by atoms with van der Waals surface area (Å²) in [5.41, 5.74) is 6.24. The Morgan fingerprint density at radius 3 is 2.55 bits per heavy atom. The fraction of sp³-hybridized carbons (Fsp3) is 0.467. The summed E-state index contributed by atoms with van der Waals surface area (Å²) in [6, 6.07) is 3.95. The van der Waals surface area contributed by atoms with Gasteiger partial charge < -0.3 is 10.5 Å². The summed E-state index contributed by atoms with van der Waals surface area (Å²) in [6.07, 6.45) is -3.31. The molecule has 0 aliphatic heterocycles. The molecular weight excluding hydrogens is 267 g/mol. The predicted molar refractivity (Wildman–Crippen MR) is 73.7 cm³/mol. The van der Waals surface area contributed by atoms with Crippen LogP contribution in [0.5, 0.6) is 5.75 Å². The minimum Gasteiger partial charge on any atom is -0.489 e. The van der Waals surface area contributed by atoms with E-state index in [2.05, 4.69) is 6.58 Å². The highest BCUT2D eigenvalue weighted by Gasteiger charge is 2.34. The SMILES string of the molecule is C=C(C)COc1ccc(CC(N)CC)cc1C(F)(F)F. The first-order chi connectivity index (χ1) is 9.24. The fourth-order valence-corrected chi connectivity index (χ4v) is 1.70. The molecule has 1 atom stereocenters. The van der Waals surface area contributed by atoms with Crippen molar-refractivity contribution in [2.75, 3.05) is 6.61 Å². The minimum atomic E-state index is -4.45. The second kappa shape index (κ2) is 6.79. The summed E-state index contributed by atoms with van der Waals surface area (Å²) in [7, 11) is 0. The lowest BCUT2D eigenvalue weighted by Crippen LogP contribution is -2.21. The molecule has 1 aromatic carbocycles. The minimum absolute atomic E-state index is 0.0664. The van der Waals surface area contributed by atoms with Gasteiger partial charge in [-0.1, -0.05) is 19.6 Å². The lowest BCUT2D eigenvalue weighted by Gasteiger charge is -2.16. The molecule has 0 bridgehead atoms. The zero-order valence-corrected chi connectivity index (χ0v) is 11.8. The molecule has 0 saturated heterocycles. The lowest BCUT2D eigenvalue weighted by molar-refractivity contribution is -0.138. The molecule has 1 rings (SSSR count). The third-order valence-corrected chi connectivity index (χ3v) is 2.85. The highest BCUT2D eigenvalue weighted by atomic mass is 19.4. The van der Waals surface area contributed by atoms with E-state index in [0.717, 1.165) is 12.5 Å². The Labute approximate surface area is 117 Å². The van der Waals surface area contributed by atoms with Crippen LogP contribution in [0.1, 0.15) is 31.4 Å². The van der Waals surface area contributed by atoms with Gasteiger partial charge in [0.2, 0.25) is 0 Å². The first kappa shape index (κ1) is 16.6. The Morgan fingerprint density at radius 2 is 2.05 bits per heavy atom. The van der Waals surface area contributed by atoms with E-state index in [1.165, 1.54) is 6.07 Å². The Balaban J connectivity index is 3.04. The van der Waals surface area contributed by atoms with Crippen molar-refractivity contribution in [1.82, 2.24) is 0 Å². The van der Waals surface area contributed by atoms with Crippen molar-refractivity contribution < 1.29 is 17.9 Å². The van der Waals surface area contributed by atoms with Gasteiger partial charge in [0, 0.05) is 6.04 Å². The van der Waals surface area contributed by atoms with Gasteiger partial charge in [-0.3, -0.25) is 0 Å². The monoisotopic (exact) mass is 287 g/mol. The predicted octanol–water partition coefficient (Wildman–Crippen LogP) is 3.94. The number of nitrogens with two attached hydrogens (primary N) is 1. The number of hydrogen-bond acceptors (Lipinski definition) is 2. The Bertz CT molecular complexity index is 469. The molecular formula is C15H20F3NO. The summed E-state index contributed by atoms with van der Waals surface area (Å²) in [4.78, 5) is 0. The zero-order chi connectivity index (χ0) is 15.3. The first-order valence-corrected chi connectivity index (χ1v) is 6.47. The number of ether oxygens (including phenoxy) is 1. The van der Waals surface area contributed by atoms with Crippen molar-refractivity contribution in [3.63, 3.8) is 0 Å². The second-order valence-electron chi connectivity index (χ2n) is 4.95. The van der Waals surface area contributed by atoms with E-state index in [1.807, 2.05) is 6.92 Å². The van der Waals surface area contributed by atoms with Gasteiger partial charge in [0.1, 0.15) is 12.4 Å². The van der Waals surface area contributed by atoms with Gasteiger partial charge >= 0.3 is 6.18 Å². The zero-order valence-electron chi connectivity index (χ0n) is 11.8. The quantitative estimate of drug-likeness (QED) is 0.804. The molecule has 1 unspecified atom stereocenters. The number of benzene rings is 1. The van der Waals surface area contributed by atoms with Crippen molar-refractivity contribution in [3.8, 4) is 5.75 Å². The van der Waals surface area contributed by atoms with Crippen molar-refractivity contribution in [2.24, 2.45) is 5.73 Å². The molecule has 2 N–H and O–H groups in total. The molecule has 0 heterocycles. The van der Waals surface area contributed by atoms with E-state index in [4.69, 9.17) is 10.5 Å². The third-order valence-electron chi connectivity index (χ3n) is 2.85. The third kappa shape index (κ3) is 4.89. The average Bonchev–Trinajstić information content (AvgIpc) is 2.35. The number of halogens is 3. The van der Waals surface area contributed by atoms with E-state index in [1.54, 1.807) is 13.0 Å². The molecule has 2 nitrogen and oxygen atoms in total. The fourth-order valence-electron chi connectivity index (χ4n) is 1.70. The van der Waals surface area contributed by atoms with Crippen molar-refractivity contribution >= 4 is 0 Å². The van der Waals surface area contributed by atoms with Crippen LogP contribution in [0.25, 0.3) is 0 Å². The smallest absolute Gasteiger partial charge is 0.419 e. The highest BCUT2D eigenvalue weighted by Crippen LogP contribution is 2.37. The van der Waals surface area contributed by atoms with Gasteiger partial charge in [-0.2, -0.15) is 13.2 Å². The summed E-state index contributed by atoms with van der Waals surface area (Å²) in [5, 5.41) is 0. The lowest BCUT2D eigenvalue weighted by atomic mass is 10.0.